The summed E-state index contributed by atoms with van der Waals surface area (Å²) in [7, 11) is 0. The van der Waals surface area contributed by atoms with Gasteiger partial charge in [0.15, 0.2) is 11.5 Å². The minimum atomic E-state index is -0.785. The Bertz CT molecular complexity index is 1040. The van der Waals surface area contributed by atoms with E-state index in [0.717, 1.165) is 43.9 Å². The molecule has 4 heteroatoms. The lowest BCUT2D eigenvalue weighted by Crippen LogP contribution is -2.80. The van der Waals surface area contributed by atoms with Crippen LogP contribution >= 0.6 is 0 Å². The number of likely N-dealkylation sites (tertiary alicyclic amines) is 1. The zero-order valence-corrected chi connectivity index (χ0v) is 21.1. The molecule has 0 aromatic heterocycles. The summed E-state index contributed by atoms with van der Waals surface area (Å²) >= 11 is 0. The molecule has 8 rings (SSSR count). The van der Waals surface area contributed by atoms with Gasteiger partial charge in [0.25, 0.3) is 0 Å². The molecule has 0 amide bonds. The van der Waals surface area contributed by atoms with Gasteiger partial charge in [-0.15, -0.1) is 0 Å². The van der Waals surface area contributed by atoms with Crippen molar-refractivity contribution >= 4 is 0 Å². The average Bonchev–Trinajstić information content (AvgIpc) is 3.48. The fraction of sp³-hybridized carbons (Fsp3) is 0.793. The van der Waals surface area contributed by atoms with Gasteiger partial charge < -0.3 is 14.9 Å². The van der Waals surface area contributed by atoms with Crippen LogP contribution in [0.25, 0.3) is 0 Å². The van der Waals surface area contributed by atoms with Crippen LogP contribution in [0.1, 0.15) is 84.3 Å². The Hall–Kier alpha value is -1.26. The highest BCUT2D eigenvalue weighted by molar-refractivity contribution is 5.63. The molecule has 7 aliphatic rings. The van der Waals surface area contributed by atoms with Crippen molar-refractivity contribution in [1.29, 1.82) is 0 Å². The van der Waals surface area contributed by atoms with Gasteiger partial charge in [0.05, 0.1) is 5.60 Å². The van der Waals surface area contributed by atoms with Gasteiger partial charge in [-0.3, -0.25) is 4.90 Å². The maximum Gasteiger partial charge on any atom is 0.165 e. The normalized spacial score (nSPS) is 44.8. The van der Waals surface area contributed by atoms with E-state index in [4.69, 9.17) is 4.74 Å². The molecule has 2 aliphatic heterocycles. The van der Waals surface area contributed by atoms with E-state index in [2.05, 4.69) is 45.6 Å². The quantitative estimate of drug-likeness (QED) is 0.676. The number of hydrogen-bond donors (Lipinski definition) is 2. The van der Waals surface area contributed by atoms with Crippen LogP contribution in [0.15, 0.2) is 12.1 Å². The number of rotatable bonds is 3. The molecule has 180 valence electrons. The second-order valence-corrected chi connectivity index (χ2v) is 14.1. The van der Waals surface area contributed by atoms with Crippen molar-refractivity contribution in [2.24, 2.45) is 28.1 Å². The Morgan fingerprint density at radius 1 is 1.12 bits per heavy atom. The first-order valence-corrected chi connectivity index (χ1v) is 13.4. The van der Waals surface area contributed by atoms with Crippen molar-refractivity contribution in [3.8, 4) is 11.5 Å². The zero-order chi connectivity index (χ0) is 23.2. The number of hydrogen-bond acceptors (Lipinski definition) is 4. The summed E-state index contributed by atoms with van der Waals surface area (Å²) in [5.74, 6) is 2.15. The molecule has 0 radical (unpaired) electrons. The number of ether oxygens (including phenoxy) is 1. The molecule has 33 heavy (non-hydrogen) atoms. The van der Waals surface area contributed by atoms with Gasteiger partial charge in [0.2, 0.25) is 0 Å². The summed E-state index contributed by atoms with van der Waals surface area (Å²) in [5, 5.41) is 23.1. The second kappa shape index (κ2) is 5.93. The highest BCUT2D eigenvalue weighted by Gasteiger charge is 2.80. The summed E-state index contributed by atoms with van der Waals surface area (Å²) in [6, 6.07) is 4.58. The summed E-state index contributed by atoms with van der Waals surface area (Å²) in [6.45, 7) is 13.5. The molecule has 1 unspecified atom stereocenters. The molecule has 1 saturated heterocycles. The van der Waals surface area contributed by atoms with E-state index in [-0.39, 0.29) is 33.7 Å². The average molecular weight is 452 g/mol. The van der Waals surface area contributed by atoms with Crippen LogP contribution < -0.4 is 4.74 Å². The number of nitrogens with zero attached hydrogens (tertiary/aromatic N) is 1. The number of fused-ring (bicyclic) bond motifs is 2. The predicted molar refractivity (Wildman–Crippen MR) is 129 cm³/mol. The Labute approximate surface area is 198 Å². The first kappa shape index (κ1) is 21.1. The van der Waals surface area contributed by atoms with Crippen molar-refractivity contribution in [2.45, 2.75) is 103 Å². The van der Waals surface area contributed by atoms with Crippen molar-refractivity contribution in [3.05, 3.63) is 23.3 Å². The number of phenolic OH excluding ortho intramolecular Hbond substituents is 1. The fourth-order valence-corrected chi connectivity index (χ4v) is 9.71. The van der Waals surface area contributed by atoms with E-state index >= 15 is 0 Å². The molecule has 7 atom stereocenters. The number of phenols is 1. The summed E-state index contributed by atoms with van der Waals surface area (Å²) in [6.07, 6.45) is 8.42. The van der Waals surface area contributed by atoms with Gasteiger partial charge in [-0.1, -0.05) is 33.8 Å². The lowest BCUT2D eigenvalue weighted by atomic mass is 9.31. The van der Waals surface area contributed by atoms with E-state index in [1.807, 2.05) is 6.07 Å². The summed E-state index contributed by atoms with van der Waals surface area (Å²) in [4.78, 5) is 2.85. The van der Waals surface area contributed by atoms with Gasteiger partial charge in [-0.05, 0) is 87.3 Å². The third kappa shape index (κ3) is 2.23. The molecule has 1 aromatic carbocycles. The van der Waals surface area contributed by atoms with E-state index < -0.39 is 5.60 Å². The first-order chi connectivity index (χ1) is 15.5. The van der Waals surface area contributed by atoms with Gasteiger partial charge in [-0.2, -0.15) is 0 Å². The monoisotopic (exact) mass is 451 g/mol. The molecule has 2 spiro atoms. The number of aromatic hydroxyl groups is 1. The lowest BCUT2D eigenvalue weighted by molar-refractivity contribution is -0.276. The van der Waals surface area contributed by atoms with Crippen molar-refractivity contribution < 1.29 is 14.9 Å². The van der Waals surface area contributed by atoms with Crippen LogP contribution in [0.5, 0.6) is 11.5 Å². The molecule has 2 N–H and O–H groups in total. The number of benzene rings is 1. The molecule has 4 nitrogen and oxygen atoms in total. The van der Waals surface area contributed by atoms with Gasteiger partial charge in [0.1, 0.15) is 6.10 Å². The zero-order valence-electron chi connectivity index (χ0n) is 21.1. The molecule has 1 aromatic rings. The summed E-state index contributed by atoms with van der Waals surface area (Å²) in [5.41, 5.74) is 1.77. The molecule has 4 saturated carbocycles. The van der Waals surface area contributed by atoms with E-state index in [0.29, 0.717) is 11.8 Å². The maximum absolute atomic E-state index is 12.1. The Balaban J connectivity index is 1.46. The third-order valence-corrected chi connectivity index (χ3v) is 12.0. The Morgan fingerprint density at radius 2 is 1.88 bits per heavy atom. The second-order valence-electron chi connectivity index (χ2n) is 14.1. The smallest absolute Gasteiger partial charge is 0.165 e. The summed E-state index contributed by atoms with van der Waals surface area (Å²) < 4.78 is 6.93. The van der Waals surface area contributed by atoms with Crippen molar-refractivity contribution in [1.82, 2.24) is 4.90 Å². The highest BCUT2D eigenvalue weighted by Crippen LogP contribution is 2.79. The number of aliphatic hydroxyl groups is 1. The molecular formula is C29H41NO3. The van der Waals surface area contributed by atoms with Gasteiger partial charge >= 0.3 is 0 Å². The van der Waals surface area contributed by atoms with Gasteiger partial charge in [0, 0.05) is 34.4 Å². The number of piperidine rings is 1. The minimum absolute atomic E-state index is 0.0170. The third-order valence-electron chi connectivity index (χ3n) is 12.0. The fourth-order valence-electron chi connectivity index (χ4n) is 9.71. The van der Waals surface area contributed by atoms with E-state index in [9.17, 15) is 10.2 Å². The lowest BCUT2D eigenvalue weighted by Gasteiger charge is -2.75. The Morgan fingerprint density at radius 3 is 2.58 bits per heavy atom. The predicted octanol–water partition coefficient (Wildman–Crippen LogP) is 5.03. The molecule has 4 bridgehead atoms. The van der Waals surface area contributed by atoms with E-state index in [1.54, 1.807) is 0 Å². The Kier molecular flexibility index (Phi) is 3.78. The van der Waals surface area contributed by atoms with E-state index in [1.165, 1.54) is 36.9 Å². The largest absolute Gasteiger partial charge is 0.504 e. The standard InChI is InChI=1S/C29H41NO3/c1-25(2,3)27(5,32)20-15-28-11-10-26(20,4)24-29(28)12-13-30(16-17-6-7-17)21(28)14-18-8-9-19(31)23(33-24)22(18)29/h8-9,17,20-21,24,31-32H,6-7,10-16H2,1-5H3/t20-,21+,24-,26?,27-,28+,29-/m0/s1. The van der Waals surface area contributed by atoms with Crippen LogP contribution in [-0.2, 0) is 11.8 Å². The molecule has 2 heterocycles. The van der Waals surface area contributed by atoms with Crippen molar-refractivity contribution in [3.63, 3.8) is 0 Å². The van der Waals surface area contributed by atoms with Gasteiger partial charge in [-0.25, -0.2) is 0 Å². The SMILES string of the molecule is CC12CC[C@@]3(C[C@@H]1[C@](C)(O)C(C)(C)C)[C@H]1Cc4ccc(O)c5c4[C@@]3(CCN1CC1CC1)[C@H]2O5. The maximum atomic E-state index is 12.1. The molecular weight excluding hydrogens is 410 g/mol. The van der Waals surface area contributed by atoms with Crippen LogP contribution in [0.3, 0.4) is 0 Å². The molecule has 5 aliphatic carbocycles. The minimum Gasteiger partial charge on any atom is -0.504 e. The topological polar surface area (TPSA) is 52.9 Å². The van der Waals surface area contributed by atoms with Crippen LogP contribution in [0.4, 0.5) is 0 Å². The van der Waals surface area contributed by atoms with Crippen LogP contribution in [-0.4, -0.2) is 45.9 Å². The molecule has 5 fully saturated rings. The van der Waals surface area contributed by atoms with Crippen LogP contribution in [0, 0.1) is 28.1 Å². The highest BCUT2D eigenvalue weighted by atomic mass is 16.5. The van der Waals surface area contributed by atoms with Crippen LogP contribution in [0.2, 0.25) is 0 Å². The first-order valence-electron chi connectivity index (χ1n) is 13.4. The van der Waals surface area contributed by atoms with Crippen molar-refractivity contribution in [2.75, 3.05) is 13.1 Å².